The monoisotopic (exact) mass is 133 g/mol. The highest BCUT2D eigenvalue weighted by molar-refractivity contribution is 6.36. The lowest BCUT2D eigenvalue weighted by Crippen LogP contribution is -2.19. The van der Waals surface area contributed by atoms with Gasteiger partial charge >= 0.3 is 5.97 Å². The second kappa shape index (κ2) is 3.85. The zero-order valence-corrected chi connectivity index (χ0v) is 4.87. The summed E-state index contributed by atoms with van der Waals surface area (Å²) in [7, 11) is 1.13. The zero-order valence-electron chi connectivity index (χ0n) is 4.87. The van der Waals surface area contributed by atoms with Crippen molar-refractivity contribution < 1.29 is 19.8 Å². The van der Waals surface area contributed by atoms with Crippen molar-refractivity contribution in [2.75, 3.05) is 13.7 Å². The predicted molar refractivity (Wildman–Crippen MR) is 28.3 cm³/mol. The molecule has 0 rings (SSSR count). The molecule has 0 fully saturated rings. The third-order valence-corrected chi connectivity index (χ3v) is 0.691. The summed E-state index contributed by atoms with van der Waals surface area (Å²) < 4.78 is 4.10. The predicted octanol–water partition coefficient (Wildman–Crippen LogP) is -1.02. The minimum Gasteiger partial charge on any atom is -0.464 e. The van der Waals surface area contributed by atoms with Crippen LogP contribution >= 0.6 is 0 Å². The van der Waals surface area contributed by atoms with Crippen LogP contribution in [-0.2, 0) is 9.53 Å². The van der Waals surface area contributed by atoms with E-state index in [1.165, 1.54) is 0 Å². The maximum atomic E-state index is 10.3. The minimum absolute atomic E-state index is 0.405. The Bertz CT molecular complexity index is 131. The summed E-state index contributed by atoms with van der Waals surface area (Å²) in [5.74, 6) is -0.833. The number of carbonyl (C=O) groups is 1. The lowest BCUT2D eigenvalue weighted by molar-refractivity contribution is -0.133. The van der Waals surface area contributed by atoms with Crippen LogP contribution in [0.4, 0.5) is 0 Å². The average molecular weight is 133 g/mol. The van der Waals surface area contributed by atoms with Crippen molar-refractivity contribution in [2.24, 2.45) is 5.16 Å². The zero-order chi connectivity index (χ0) is 7.28. The Hall–Kier alpha value is -1.10. The van der Waals surface area contributed by atoms with E-state index in [0.29, 0.717) is 0 Å². The fourth-order valence-corrected chi connectivity index (χ4v) is 0.255. The van der Waals surface area contributed by atoms with Crippen LogP contribution in [-0.4, -0.2) is 35.7 Å². The number of esters is 1. The smallest absolute Gasteiger partial charge is 0.358 e. The molecule has 0 aliphatic carbocycles. The molecule has 0 saturated carbocycles. The van der Waals surface area contributed by atoms with Gasteiger partial charge in [-0.25, -0.2) is 4.79 Å². The first-order valence-corrected chi connectivity index (χ1v) is 2.16. The second-order valence-electron chi connectivity index (χ2n) is 1.20. The molecule has 0 unspecified atom stereocenters. The molecule has 0 aromatic carbocycles. The van der Waals surface area contributed by atoms with Gasteiger partial charge in [0.2, 0.25) is 0 Å². The molecule has 0 amide bonds. The first-order chi connectivity index (χ1) is 4.26. The van der Waals surface area contributed by atoms with Gasteiger partial charge in [-0.1, -0.05) is 5.16 Å². The Labute approximate surface area is 51.5 Å². The highest BCUT2D eigenvalue weighted by atomic mass is 16.5. The molecule has 0 aromatic rings. The van der Waals surface area contributed by atoms with Gasteiger partial charge in [0.15, 0.2) is 5.71 Å². The summed E-state index contributed by atoms with van der Waals surface area (Å²) in [5.41, 5.74) is -0.405. The number of methoxy groups -OCH3 is 1. The van der Waals surface area contributed by atoms with Crippen molar-refractivity contribution in [2.45, 2.75) is 0 Å². The van der Waals surface area contributed by atoms with E-state index in [4.69, 9.17) is 10.3 Å². The van der Waals surface area contributed by atoms with Gasteiger partial charge in [-0.15, -0.1) is 0 Å². The lowest BCUT2D eigenvalue weighted by Gasteiger charge is -1.94. The average Bonchev–Trinajstić information content (AvgIpc) is 1.90. The minimum atomic E-state index is -0.833. The van der Waals surface area contributed by atoms with E-state index in [9.17, 15) is 4.79 Å². The van der Waals surface area contributed by atoms with E-state index >= 15 is 0 Å². The molecule has 0 aliphatic heterocycles. The molecule has 0 bridgehead atoms. The van der Waals surface area contributed by atoms with Gasteiger partial charge in [0.05, 0.1) is 13.7 Å². The van der Waals surface area contributed by atoms with Crippen LogP contribution in [0.5, 0.6) is 0 Å². The second-order valence-corrected chi connectivity index (χ2v) is 1.20. The quantitative estimate of drug-likeness (QED) is 0.219. The fourth-order valence-electron chi connectivity index (χ4n) is 0.255. The maximum absolute atomic E-state index is 10.3. The highest BCUT2D eigenvalue weighted by Gasteiger charge is 2.09. The molecule has 0 aromatic heterocycles. The topological polar surface area (TPSA) is 79.1 Å². The number of oxime groups is 1. The fraction of sp³-hybridized carbons (Fsp3) is 0.500. The summed E-state index contributed by atoms with van der Waals surface area (Å²) in [4.78, 5) is 10.3. The van der Waals surface area contributed by atoms with Gasteiger partial charge < -0.3 is 15.1 Å². The van der Waals surface area contributed by atoms with Crippen molar-refractivity contribution in [3.63, 3.8) is 0 Å². The van der Waals surface area contributed by atoms with Gasteiger partial charge in [0.25, 0.3) is 0 Å². The molecular formula is C4H7NO4. The molecule has 5 heteroatoms. The van der Waals surface area contributed by atoms with Crippen molar-refractivity contribution in [3.8, 4) is 0 Å². The summed E-state index contributed by atoms with van der Waals surface area (Å²) in [6.07, 6.45) is 0. The molecule has 0 spiro atoms. The maximum Gasteiger partial charge on any atom is 0.358 e. The number of aliphatic hydroxyl groups excluding tert-OH is 1. The Morgan fingerprint density at radius 1 is 1.78 bits per heavy atom. The molecule has 0 saturated heterocycles. The first kappa shape index (κ1) is 7.90. The van der Waals surface area contributed by atoms with Gasteiger partial charge in [0.1, 0.15) is 0 Å². The molecule has 0 atom stereocenters. The summed E-state index contributed by atoms with van der Waals surface area (Å²) in [6.45, 7) is -0.622. The van der Waals surface area contributed by atoms with Gasteiger partial charge in [-0.05, 0) is 0 Å². The van der Waals surface area contributed by atoms with Gasteiger partial charge in [-0.2, -0.15) is 0 Å². The van der Waals surface area contributed by atoms with E-state index in [1.54, 1.807) is 0 Å². The molecule has 5 nitrogen and oxygen atoms in total. The molecular weight excluding hydrogens is 126 g/mol. The van der Waals surface area contributed by atoms with Gasteiger partial charge in [0, 0.05) is 0 Å². The van der Waals surface area contributed by atoms with Crippen LogP contribution in [0.15, 0.2) is 5.16 Å². The number of hydrogen-bond donors (Lipinski definition) is 2. The first-order valence-electron chi connectivity index (χ1n) is 2.16. The highest BCUT2D eigenvalue weighted by Crippen LogP contribution is 1.79. The number of hydrogen-bond acceptors (Lipinski definition) is 5. The summed E-state index contributed by atoms with van der Waals surface area (Å²) in [6, 6.07) is 0. The van der Waals surface area contributed by atoms with E-state index in [0.717, 1.165) is 7.11 Å². The van der Waals surface area contributed by atoms with Crippen LogP contribution in [0.25, 0.3) is 0 Å². The Kier molecular flexibility index (Phi) is 3.38. The molecule has 52 valence electrons. The summed E-state index contributed by atoms with van der Waals surface area (Å²) in [5, 5.41) is 18.7. The normalized spacial score (nSPS) is 11.1. The Morgan fingerprint density at radius 2 is 2.33 bits per heavy atom. The third-order valence-electron chi connectivity index (χ3n) is 0.691. The van der Waals surface area contributed by atoms with Crippen LogP contribution < -0.4 is 0 Å². The molecule has 2 N–H and O–H groups in total. The van der Waals surface area contributed by atoms with Crippen molar-refractivity contribution in [1.29, 1.82) is 0 Å². The van der Waals surface area contributed by atoms with E-state index < -0.39 is 18.3 Å². The Morgan fingerprint density at radius 3 is 2.44 bits per heavy atom. The number of ether oxygens (including phenoxy) is 1. The molecule has 9 heavy (non-hydrogen) atoms. The molecule has 0 heterocycles. The Balaban J connectivity index is 3.97. The molecule has 0 aliphatic rings. The van der Waals surface area contributed by atoms with Gasteiger partial charge in [-0.3, -0.25) is 0 Å². The standard InChI is InChI=1S/C4H7NO4/c1-9-4(7)3(2-6)5-8/h6,8H,2H2,1H3. The third kappa shape index (κ3) is 2.09. The number of nitrogens with zero attached hydrogens (tertiary/aromatic N) is 1. The van der Waals surface area contributed by atoms with E-state index in [-0.39, 0.29) is 0 Å². The number of carbonyl (C=O) groups excluding carboxylic acids is 1. The van der Waals surface area contributed by atoms with E-state index in [1.807, 2.05) is 0 Å². The van der Waals surface area contributed by atoms with Crippen molar-refractivity contribution >= 4 is 11.7 Å². The number of aliphatic hydroxyl groups is 1. The van der Waals surface area contributed by atoms with Crippen LogP contribution in [0.2, 0.25) is 0 Å². The van der Waals surface area contributed by atoms with Crippen LogP contribution in [0.3, 0.4) is 0 Å². The van der Waals surface area contributed by atoms with Crippen molar-refractivity contribution in [1.82, 2.24) is 0 Å². The molecule has 0 radical (unpaired) electrons. The SMILES string of the molecule is COC(=O)C(CO)=NO. The lowest BCUT2D eigenvalue weighted by atomic mass is 10.4. The van der Waals surface area contributed by atoms with Crippen LogP contribution in [0.1, 0.15) is 0 Å². The van der Waals surface area contributed by atoms with Crippen LogP contribution in [0, 0.1) is 0 Å². The van der Waals surface area contributed by atoms with E-state index in [2.05, 4.69) is 9.89 Å². The summed E-state index contributed by atoms with van der Waals surface area (Å²) >= 11 is 0. The number of rotatable bonds is 2. The van der Waals surface area contributed by atoms with Crippen molar-refractivity contribution in [3.05, 3.63) is 0 Å². The largest absolute Gasteiger partial charge is 0.464 e.